The zero-order valence-electron chi connectivity index (χ0n) is 8.03. The Bertz CT molecular complexity index is 327. The first-order valence-electron chi connectivity index (χ1n) is 4.97. The summed E-state index contributed by atoms with van der Waals surface area (Å²) in [6.45, 7) is 1.02. The van der Waals surface area contributed by atoms with Gasteiger partial charge in [-0.25, -0.2) is 0 Å². The topological polar surface area (TPSA) is 32.3 Å². The molecule has 0 saturated carbocycles. The molecule has 2 N–H and O–H groups in total. The number of aromatic hydroxyl groups is 1. The monoisotopic (exact) mass is 209 g/mol. The van der Waals surface area contributed by atoms with Crippen molar-refractivity contribution in [2.75, 3.05) is 12.3 Å². The number of thiol groups is 1. The van der Waals surface area contributed by atoms with Crippen LogP contribution in [0.1, 0.15) is 23.6 Å². The van der Waals surface area contributed by atoms with Crippen LogP contribution in [-0.2, 0) is 6.42 Å². The number of benzene rings is 1. The van der Waals surface area contributed by atoms with E-state index in [1.165, 1.54) is 11.1 Å². The van der Waals surface area contributed by atoms with Gasteiger partial charge in [-0.1, -0.05) is 6.07 Å². The Morgan fingerprint density at radius 2 is 2.36 bits per heavy atom. The molecule has 1 aromatic carbocycles. The van der Waals surface area contributed by atoms with Crippen molar-refractivity contribution in [1.29, 1.82) is 0 Å². The van der Waals surface area contributed by atoms with Crippen LogP contribution in [0, 0.1) is 0 Å². The normalized spacial score (nSPS) is 20.5. The highest BCUT2D eigenvalue weighted by molar-refractivity contribution is 7.80. The Hall–Kier alpha value is -0.670. The van der Waals surface area contributed by atoms with Crippen LogP contribution in [0.5, 0.6) is 5.75 Å². The number of fused-ring (bicyclic) bond motifs is 1. The van der Waals surface area contributed by atoms with Crippen molar-refractivity contribution in [2.24, 2.45) is 0 Å². The maximum atomic E-state index is 9.43. The summed E-state index contributed by atoms with van der Waals surface area (Å²) in [6.07, 6.45) is 2.07. The maximum absolute atomic E-state index is 9.43. The number of hydrogen-bond acceptors (Lipinski definition) is 3. The Morgan fingerprint density at radius 3 is 3.14 bits per heavy atom. The Kier molecular flexibility index (Phi) is 2.99. The minimum atomic E-state index is 0.358. The highest BCUT2D eigenvalue weighted by atomic mass is 32.1. The first-order chi connectivity index (χ1) is 6.81. The fourth-order valence-corrected chi connectivity index (χ4v) is 2.27. The molecular formula is C11H15NOS. The van der Waals surface area contributed by atoms with Gasteiger partial charge in [0.15, 0.2) is 0 Å². The molecule has 0 bridgehead atoms. The van der Waals surface area contributed by atoms with E-state index in [1.54, 1.807) is 6.07 Å². The van der Waals surface area contributed by atoms with Gasteiger partial charge in [-0.3, -0.25) is 0 Å². The molecule has 0 amide bonds. The molecule has 0 saturated heterocycles. The lowest BCUT2D eigenvalue weighted by molar-refractivity contribution is 0.462. The van der Waals surface area contributed by atoms with Crippen LogP contribution in [0.4, 0.5) is 0 Å². The van der Waals surface area contributed by atoms with Crippen molar-refractivity contribution in [3.8, 4) is 5.75 Å². The van der Waals surface area contributed by atoms with Crippen molar-refractivity contribution in [3.63, 3.8) is 0 Å². The van der Waals surface area contributed by atoms with Gasteiger partial charge in [0, 0.05) is 6.04 Å². The largest absolute Gasteiger partial charge is 0.508 e. The molecule has 2 nitrogen and oxygen atoms in total. The van der Waals surface area contributed by atoms with E-state index in [1.807, 2.05) is 12.1 Å². The molecule has 14 heavy (non-hydrogen) atoms. The van der Waals surface area contributed by atoms with E-state index in [-0.39, 0.29) is 0 Å². The van der Waals surface area contributed by atoms with Crippen LogP contribution in [0.3, 0.4) is 0 Å². The number of phenolic OH excluding ortho intramolecular Hbond substituents is 1. The quantitative estimate of drug-likeness (QED) is 0.650. The van der Waals surface area contributed by atoms with Crippen molar-refractivity contribution in [3.05, 3.63) is 29.3 Å². The molecule has 0 fully saturated rings. The van der Waals surface area contributed by atoms with E-state index in [4.69, 9.17) is 0 Å². The maximum Gasteiger partial charge on any atom is 0.115 e. The lowest BCUT2D eigenvalue weighted by atomic mass is 9.93. The van der Waals surface area contributed by atoms with E-state index in [9.17, 15) is 5.11 Å². The molecule has 1 aliphatic heterocycles. The third-order valence-electron chi connectivity index (χ3n) is 2.71. The van der Waals surface area contributed by atoms with Crippen LogP contribution in [-0.4, -0.2) is 17.4 Å². The second-order valence-corrected chi connectivity index (χ2v) is 4.10. The predicted molar refractivity (Wildman–Crippen MR) is 61.0 cm³/mol. The first kappa shape index (κ1) is 9.87. The summed E-state index contributed by atoms with van der Waals surface area (Å²) >= 11 is 4.25. The fraction of sp³-hybridized carbons (Fsp3) is 0.455. The highest BCUT2D eigenvalue weighted by Gasteiger charge is 2.18. The highest BCUT2D eigenvalue weighted by Crippen LogP contribution is 2.28. The molecule has 1 unspecified atom stereocenters. The fourth-order valence-electron chi connectivity index (χ4n) is 2.01. The van der Waals surface area contributed by atoms with Crippen LogP contribution < -0.4 is 5.32 Å². The standard InChI is InChI=1S/C11H15NOS/c13-9-2-1-8-3-5-12-11(4-6-14)10(8)7-9/h1-2,7,11-14H,3-6H2. The summed E-state index contributed by atoms with van der Waals surface area (Å²) in [5.74, 6) is 1.23. The molecule has 1 aromatic rings. The molecule has 0 radical (unpaired) electrons. The summed E-state index contributed by atoms with van der Waals surface area (Å²) in [4.78, 5) is 0. The number of nitrogens with one attached hydrogen (secondary N) is 1. The molecule has 76 valence electrons. The third-order valence-corrected chi connectivity index (χ3v) is 2.97. The van der Waals surface area contributed by atoms with E-state index in [2.05, 4.69) is 17.9 Å². The van der Waals surface area contributed by atoms with E-state index in [0.29, 0.717) is 11.8 Å². The molecule has 2 rings (SSSR count). The second-order valence-electron chi connectivity index (χ2n) is 3.65. The lowest BCUT2D eigenvalue weighted by Gasteiger charge is -2.26. The minimum Gasteiger partial charge on any atom is -0.508 e. The molecule has 0 spiro atoms. The Morgan fingerprint density at radius 1 is 1.50 bits per heavy atom. The smallest absolute Gasteiger partial charge is 0.115 e. The van der Waals surface area contributed by atoms with Gasteiger partial charge < -0.3 is 10.4 Å². The summed E-state index contributed by atoms with van der Waals surface area (Å²) in [5, 5.41) is 12.9. The molecule has 1 heterocycles. The average molecular weight is 209 g/mol. The van der Waals surface area contributed by atoms with Gasteiger partial charge in [0.05, 0.1) is 0 Å². The van der Waals surface area contributed by atoms with Crippen molar-refractivity contribution in [2.45, 2.75) is 18.9 Å². The van der Waals surface area contributed by atoms with Gasteiger partial charge in [0.2, 0.25) is 0 Å². The second kappa shape index (κ2) is 4.24. The summed E-state index contributed by atoms with van der Waals surface area (Å²) < 4.78 is 0. The predicted octanol–water partition coefficient (Wildman–Crippen LogP) is 1.90. The van der Waals surface area contributed by atoms with E-state index >= 15 is 0 Å². The van der Waals surface area contributed by atoms with Crippen LogP contribution in [0.25, 0.3) is 0 Å². The zero-order valence-corrected chi connectivity index (χ0v) is 8.93. The number of rotatable bonds is 2. The zero-order chi connectivity index (χ0) is 9.97. The van der Waals surface area contributed by atoms with Gasteiger partial charge in [-0.2, -0.15) is 12.6 Å². The minimum absolute atomic E-state index is 0.358. The summed E-state index contributed by atoms with van der Waals surface area (Å²) in [6, 6.07) is 6.03. The van der Waals surface area contributed by atoms with Gasteiger partial charge in [0.1, 0.15) is 5.75 Å². The van der Waals surface area contributed by atoms with Crippen LogP contribution in [0.15, 0.2) is 18.2 Å². The summed E-state index contributed by atoms with van der Waals surface area (Å²) in [7, 11) is 0. The molecule has 1 atom stereocenters. The number of phenols is 1. The van der Waals surface area contributed by atoms with Crippen molar-refractivity contribution >= 4 is 12.6 Å². The first-order valence-corrected chi connectivity index (χ1v) is 5.60. The van der Waals surface area contributed by atoms with Gasteiger partial charge in [0.25, 0.3) is 0 Å². The molecule has 0 aliphatic carbocycles. The SMILES string of the molecule is Oc1ccc2c(c1)C(CCS)NCC2. The molecule has 1 aliphatic rings. The Labute approximate surface area is 89.7 Å². The average Bonchev–Trinajstić information content (AvgIpc) is 2.19. The van der Waals surface area contributed by atoms with Crippen LogP contribution in [0.2, 0.25) is 0 Å². The van der Waals surface area contributed by atoms with E-state index in [0.717, 1.165) is 25.1 Å². The van der Waals surface area contributed by atoms with Gasteiger partial charge in [-0.05, 0) is 48.4 Å². The van der Waals surface area contributed by atoms with Crippen molar-refractivity contribution in [1.82, 2.24) is 5.32 Å². The van der Waals surface area contributed by atoms with Gasteiger partial charge in [-0.15, -0.1) is 0 Å². The number of hydrogen-bond donors (Lipinski definition) is 3. The van der Waals surface area contributed by atoms with Gasteiger partial charge >= 0.3 is 0 Å². The lowest BCUT2D eigenvalue weighted by Crippen LogP contribution is -2.30. The summed E-state index contributed by atoms with van der Waals surface area (Å²) in [5.41, 5.74) is 2.60. The van der Waals surface area contributed by atoms with Crippen LogP contribution >= 0.6 is 12.6 Å². The van der Waals surface area contributed by atoms with Crippen molar-refractivity contribution < 1.29 is 5.11 Å². The molecule has 0 aromatic heterocycles. The van der Waals surface area contributed by atoms with E-state index < -0.39 is 0 Å². The molecular weight excluding hydrogens is 194 g/mol. The Balaban J connectivity index is 2.32. The molecule has 3 heteroatoms. The third kappa shape index (κ3) is 1.88.